The molecule has 1 heterocycles. The van der Waals surface area contributed by atoms with Crippen LogP contribution in [0.25, 0.3) is 0 Å². The lowest BCUT2D eigenvalue weighted by Gasteiger charge is -2.10. The van der Waals surface area contributed by atoms with E-state index in [4.69, 9.17) is 4.74 Å². The van der Waals surface area contributed by atoms with E-state index in [0.717, 1.165) is 5.56 Å². The van der Waals surface area contributed by atoms with E-state index in [9.17, 15) is 14.9 Å². The van der Waals surface area contributed by atoms with Crippen molar-refractivity contribution in [2.45, 2.75) is 19.6 Å². The number of esters is 1. The zero-order chi connectivity index (χ0) is 11.7. The van der Waals surface area contributed by atoms with Crippen molar-refractivity contribution in [2.24, 2.45) is 0 Å². The normalized spacial score (nSPS) is 17.4. The summed E-state index contributed by atoms with van der Waals surface area (Å²) in [5.74, 6) is -0.409. The first-order chi connectivity index (χ1) is 7.58. The van der Waals surface area contributed by atoms with Crippen molar-refractivity contribution in [3.05, 3.63) is 33.9 Å². The molecule has 1 aromatic rings. The molecule has 1 N–H and O–H groups in total. The summed E-state index contributed by atoms with van der Waals surface area (Å²) in [6.45, 7) is 1.30. The maximum absolute atomic E-state index is 10.8. The van der Waals surface area contributed by atoms with Crippen LogP contribution in [0.1, 0.15) is 12.5 Å². The summed E-state index contributed by atoms with van der Waals surface area (Å²) in [5, 5.41) is 13.6. The molecule has 0 spiro atoms. The second-order valence-electron chi connectivity index (χ2n) is 3.51. The van der Waals surface area contributed by atoms with Gasteiger partial charge in [-0.15, -0.1) is 0 Å². The summed E-state index contributed by atoms with van der Waals surface area (Å²) in [4.78, 5) is 21.1. The Kier molecular flexibility index (Phi) is 2.47. The van der Waals surface area contributed by atoms with Gasteiger partial charge in [0.1, 0.15) is 5.69 Å². The van der Waals surface area contributed by atoms with Crippen LogP contribution in [0, 0.1) is 10.1 Å². The molecule has 1 unspecified atom stereocenters. The zero-order valence-corrected chi connectivity index (χ0v) is 8.60. The van der Waals surface area contributed by atoms with Gasteiger partial charge >= 0.3 is 5.97 Å². The van der Waals surface area contributed by atoms with E-state index >= 15 is 0 Å². The smallest absolute Gasteiger partial charge is 0.304 e. The molecule has 0 fully saturated rings. The highest BCUT2D eigenvalue weighted by Crippen LogP contribution is 2.34. The maximum Gasteiger partial charge on any atom is 0.304 e. The van der Waals surface area contributed by atoms with E-state index in [1.54, 1.807) is 12.1 Å². The summed E-state index contributed by atoms with van der Waals surface area (Å²) < 4.78 is 4.96. The number of ether oxygens (including phenoxy) is 1. The molecule has 1 aliphatic heterocycles. The van der Waals surface area contributed by atoms with E-state index in [0.29, 0.717) is 12.1 Å². The summed E-state index contributed by atoms with van der Waals surface area (Å²) >= 11 is 0. The van der Waals surface area contributed by atoms with Crippen molar-refractivity contribution in [3.8, 4) is 0 Å². The van der Waals surface area contributed by atoms with Gasteiger partial charge in [0.2, 0.25) is 0 Å². The highest BCUT2D eigenvalue weighted by atomic mass is 16.6. The number of rotatable bonds is 2. The third-order valence-electron chi connectivity index (χ3n) is 2.34. The molecule has 1 atom stereocenters. The van der Waals surface area contributed by atoms with Gasteiger partial charge in [-0.05, 0) is 5.56 Å². The fourth-order valence-corrected chi connectivity index (χ4v) is 1.76. The first kappa shape index (κ1) is 10.4. The number of nitrogens with zero attached hydrogens (tertiary/aromatic N) is 1. The molecule has 0 amide bonds. The fraction of sp³-hybridized carbons (Fsp3) is 0.300. The Morgan fingerprint density at radius 3 is 3.00 bits per heavy atom. The number of carbonyl (C=O) groups is 1. The third-order valence-corrected chi connectivity index (χ3v) is 2.34. The van der Waals surface area contributed by atoms with E-state index in [1.807, 2.05) is 0 Å². The summed E-state index contributed by atoms with van der Waals surface area (Å²) in [6, 6.07) is 4.82. The Hall–Kier alpha value is -2.11. The summed E-state index contributed by atoms with van der Waals surface area (Å²) in [6.07, 6.45) is -0.0510. The molecule has 0 bridgehead atoms. The minimum atomic E-state index is -0.506. The molecule has 84 valence electrons. The van der Waals surface area contributed by atoms with Gasteiger partial charge in [0.25, 0.3) is 5.69 Å². The van der Waals surface area contributed by atoms with Crippen LogP contribution in [-0.4, -0.2) is 17.1 Å². The Morgan fingerprint density at radius 1 is 1.62 bits per heavy atom. The minimum absolute atomic E-state index is 0.00662. The predicted molar refractivity (Wildman–Crippen MR) is 56.0 cm³/mol. The molecular formula is C10H10N2O4. The van der Waals surface area contributed by atoms with E-state index in [-0.39, 0.29) is 5.69 Å². The van der Waals surface area contributed by atoms with Gasteiger partial charge in [0, 0.05) is 19.4 Å². The predicted octanol–water partition coefficient (Wildman–Crippen LogP) is 1.45. The quantitative estimate of drug-likeness (QED) is 0.465. The number of hydrogen-bond acceptors (Lipinski definition) is 5. The minimum Gasteiger partial charge on any atom is -0.442 e. The van der Waals surface area contributed by atoms with Crippen molar-refractivity contribution >= 4 is 17.3 Å². The number of nitrogens with one attached hydrogen (secondary N) is 1. The lowest BCUT2D eigenvalue weighted by Crippen LogP contribution is -2.22. The van der Waals surface area contributed by atoms with Crippen LogP contribution in [0.5, 0.6) is 0 Å². The Balaban J connectivity index is 2.26. The van der Waals surface area contributed by atoms with Crippen LogP contribution in [0.4, 0.5) is 11.4 Å². The van der Waals surface area contributed by atoms with Gasteiger partial charge in [-0.25, -0.2) is 0 Å². The topological polar surface area (TPSA) is 81.5 Å². The van der Waals surface area contributed by atoms with Gasteiger partial charge in [-0.1, -0.05) is 12.1 Å². The molecule has 0 aromatic heterocycles. The highest BCUT2D eigenvalue weighted by Gasteiger charge is 2.28. The van der Waals surface area contributed by atoms with E-state index in [2.05, 4.69) is 5.32 Å². The van der Waals surface area contributed by atoms with Gasteiger partial charge in [0.05, 0.1) is 4.92 Å². The van der Waals surface area contributed by atoms with Crippen molar-refractivity contribution < 1.29 is 14.5 Å². The zero-order valence-electron chi connectivity index (χ0n) is 8.60. The van der Waals surface area contributed by atoms with Crippen molar-refractivity contribution in [3.63, 3.8) is 0 Å². The fourth-order valence-electron chi connectivity index (χ4n) is 1.76. The van der Waals surface area contributed by atoms with Crippen LogP contribution >= 0.6 is 0 Å². The second-order valence-corrected chi connectivity index (χ2v) is 3.51. The number of anilines is 1. The average Bonchev–Trinajstić information content (AvgIpc) is 2.57. The summed E-state index contributed by atoms with van der Waals surface area (Å²) in [7, 11) is 0. The number of para-hydroxylation sites is 1. The monoisotopic (exact) mass is 222 g/mol. The molecule has 0 saturated carbocycles. The number of nitro groups is 1. The number of nitro benzene ring substituents is 1. The molecule has 0 radical (unpaired) electrons. The van der Waals surface area contributed by atoms with Crippen LogP contribution in [0.2, 0.25) is 0 Å². The van der Waals surface area contributed by atoms with Crippen molar-refractivity contribution in [2.75, 3.05) is 5.32 Å². The number of carbonyl (C=O) groups excluding carboxylic acids is 1. The lowest BCUT2D eigenvalue weighted by molar-refractivity contribution is -0.384. The van der Waals surface area contributed by atoms with Crippen LogP contribution in [-0.2, 0) is 16.0 Å². The standard InChI is InChI=1S/C10H10N2O4/c1-6(13)16-9-5-7-3-2-4-8(12(14)15)10(7)11-9/h2-4,9,11H,5H2,1H3. The molecule has 6 heteroatoms. The molecule has 0 aliphatic carbocycles. The van der Waals surface area contributed by atoms with Crippen molar-refractivity contribution in [1.29, 1.82) is 0 Å². The average molecular weight is 222 g/mol. The van der Waals surface area contributed by atoms with Gasteiger partial charge < -0.3 is 10.1 Å². The number of hydrogen-bond donors (Lipinski definition) is 1. The molecule has 1 aromatic carbocycles. The van der Waals surface area contributed by atoms with Crippen LogP contribution < -0.4 is 5.32 Å². The van der Waals surface area contributed by atoms with E-state index in [1.165, 1.54) is 13.0 Å². The number of fused-ring (bicyclic) bond motifs is 1. The Labute approximate surface area is 91.4 Å². The van der Waals surface area contributed by atoms with Crippen LogP contribution in [0.3, 0.4) is 0 Å². The van der Waals surface area contributed by atoms with Crippen LogP contribution in [0.15, 0.2) is 18.2 Å². The van der Waals surface area contributed by atoms with E-state index < -0.39 is 17.1 Å². The first-order valence-corrected chi connectivity index (χ1v) is 4.78. The lowest BCUT2D eigenvalue weighted by atomic mass is 10.1. The first-order valence-electron chi connectivity index (χ1n) is 4.78. The highest BCUT2D eigenvalue weighted by molar-refractivity contribution is 5.71. The summed E-state index contributed by atoms with van der Waals surface area (Å²) in [5.41, 5.74) is 1.24. The molecule has 6 nitrogen and oxygen atoms in total. The molecule has 16 heavy (non-hydrogen) atoms. The molecule has 2 rings (SSSR count). The SMILES string of the molecule is CC(=O)OC1Cc2cccc([N+](=O)[O-])c2N1. The second kappa shape index (κ2) is 3.80. The van der Waals surface area contributed by atoms with Gasteiger partial charge in [-0.2, -0.15) is 0 Å². The molecule has 0 saturated heterocycles. The largest absolute Gasteiger partial charge is 0.442 e. The number of benzene rings is 1. The maximum atomic E-state index is 10.8. The molecular weight excluding hydrogens is 212 g/mol. The third kappa shape index (κ3) is 1.81. The Bertz CT molecular complexity index is 458. The van der Waals surface area contributed by atoms with Crippen molar-refractivity contribution in [1.82, 2.24) is 0 Å². The Morgan fingerprint density at radius 2 is 2.38 bits per heavy atom. The molecule has 1 aliphatic rings. The van der Waals surface area contributed by atoms with Gasteiger partial charge in [0.15, 0.2) is 6.23 Å². The van der Waals surface area contributed by atoms with Gasteiger partial charge in [-0.3, -0.25) is 14.9 Å².